The van der Waals surface area contributed by atoms with Crippen LogP contribution in [-0.2, 0) is 0 Å². The molecule has 0 aromatic heterocycles. The van der Waals surface area contributed by atoms with Crippen molar-refractivity contribution in [1.82, 2.24) is 4.90 Å². The van der Waals surface area contributed by atoms with Crippen LogP contribution in [-0.4, -0.2) is 36.4 Å². The number of carbonyl (C=O) groups is 2. The lowest BCUT2D eigenvalue weighted by Crippen LogP contribution is -2.30. The molecule has 0 spiro atoms. The van der Waals surface area contributed by atoms with Crippen molar-refractivity contribution in [1.29, 1.82) is 0 Å². The molecule has 28 heavy (non-hydrogen) atoms. The molecule has 2 rings (SSSR count). The molecule has 5 heteroatoms. The van der Waals surface area contributed by atoms with Crippen molar-refractivity contribution in [2.24, 2.45) is 5.92 Å². The van der Waals surface area contributed by atoms with E-state index in [0.29, 0.717) is 48.2 Å². The van der Waals surface area contributed by atoms with Gasteiger partial charge in [-0.05, 0) is 56.5 Å². The summed E-state index contributed by atoms with van der Waals surface area (Å²) in [5.41, 5.74) is 1.62. The predicted molar refractivity (Wildman–Crippen MR) is 113 cm³/mol. The van der Waals surface area contributed by atoms with Gasteiger partial charge in [0, 0.05) is 24.3 Å². The number of anilines is 1. The quantitative estimate of drug-likeness (QED) is 0.675. The molecule has 0 aliphatic heterocycles. The predicted octanol–water partition coefficient (Wildman–Crippen LogP) is 4.85. The molecular formula is C23H30N2O3. The molecular weight excluding hydrogens is 352 g/mol. The fraction of sp³-hybridized carbons (Fsp3) is 0.391. The van der Waals surface area contributed by atoms with E-state index in [9.17, 15) is 9.59 Å². The molecule has 150 valence electrons. The molecule has 0 atom stereocenters. The number of amides is 2. The van der Waals surface area contributed by atoms with Gasteiger partial charge in [0.25, 0.3) is 11.8 Å². The number of nitrogens with zero attached hydrogens (tertiary/aromatic N) is 1. The number of nitrogens with one attached hydrogen (secondary N) is 1. The SMILES string of the molecule is CCN(CC)C(=O)c1cccc(NC(=O)c2ccccc2OCCC(C)C)c1. The Morgan fingerprint density at radius 3 is 2.43 bits per heavy atom. The Labute approximate surface area is 167 Å². The summed E-state index contributed by atoms with van der Waals surface area (Å²) >= 11 is 0. The molecule has 0 saturated heterocycles. The van der Waals surface area contributed by atoms with Crippen molar-refractivity contribution >= 4 is 17.5 Å². The summed E-state index contributed by atoms with van der Waals surface area (Å²) in [7, 11) is 0. The van der Waals surface area contributed by atoms with E-state index in [1.165, 1.54) is 0 Å². The number of hydrogen-bond acceptors (Lipinski definition) is 3. The first kappa shape index (κ1) is 21.5. The smallest absolute Gasteiger partial charge is 0.259 e. The van der Waals surface area contributed by atoms with Crippen LogP contribution >= 0.6 is 0 Å². The monoisotopic (exact) mass is 382 g/mol. The fourth-order valence-corrected chi connectivity index (χ4v) is 2.81. The van der Waals surface area contributed by atoms with Crippen LogP contribution in [0, 0.1) is 5.92 Å². The molecule has 0 aliphatic carbocycles. The van der Waals surface area contributed by atoms with Gasteiger partial charge in [-0.15, -0.1) is 0 Å². The summed E-state index contributed by atoms with van der Waals surface area (Å²) in [6, 6.07) is 14.2. The third kappa shape index (κ3) is 5.84. The van der Waals surface area contributed by atoms with Gasteiger partial charge in [0.05, 0.1) is 12.2 Å². The fourth-order valence-electron chi connectivity index (χ4n) is 2.81. The largest absolute Gasteiger partial charge is 0.493 e. The normalized spacial score (nSPS) is 10.6. The van der Waals surface area contributed by atoms with E-state index in [1.807, 2.05) is 26.0 Å². The third-order valence-corrected chi connectivity index (χ3v) is 4.50. The van der Waals surface area contributed by atoms with E-state index in [2.05, 4.69) is 19.2 Å². The van der Waals surface area contributed by atoms with Gasteiger partial charge in [0.2, 0.25) is 0 Å². The van der Waals surface area contributed by atoms with Crippen molar-refractivity contribution in [3.63, 3.8) is 0 Å². The molecule has 2 aromatic rings. The van der Waals surface area contributed by atoms with Crippen LogP contribution in [0.15, 0.2) is 48.5 Å². The Morgan fingerprint density at radius 1 is 1.04 bits per heavy atom. The number of hydrogen-bond donors (Lipinski definition) is 1. The number of para-hydroxylation sites is 1. The summed E-state index contributed by atoms with van der Waals surface area (Å²) in [5, 5.41) is 2.88. The first-order valence-electron chi connectivity index (χ1n) is 9.88. The van der Waals surface area contributed by atoms with Gasteiger partial charge < -0.3 is 15.0 Å². The number of ether oxygens (including phenoxy) is 1. The molecule has 5 nitrogen and oxygen atoms in total. The van der Waals surface area contributed by atoms with E-state index in [1.54, 1.807) is 41.3 Å². The van der Waals surface area contributed by atoms with Crippen LogP contribution in [0.4, 0.5) is 5.69 Å². The molecule has 0 unspecified atom stereocenters. The van der Waals surface area contributed by atoms with E-state index < -0.39 is 0 Å². The number of benzene rings is 2. The van der Waals surface area contributed by atoms with Crippen molar-refractivity contribution in [2.75, 3.05) is 25.0 Å². The average Bonchev–Trinajstić information content (AvgIpc) is 2.69. The summed E-state index contributed by atoms with van der Waals surface area (Å²) in [5.74, 6) is 0.800. The lowest BCUT2D eigenvalue weighted by atomic mass is 10.1. The molecule has 0 fully saturated rings. The molecule has 0 bridgehead atoms. The third-order valence-electron chi connectivity index (χ3n) is 4.50. The van der Waals surface area contributed by atoms with Crippen molar-refractivity contribution in [3.8, 4) is 5.75 Å². The zero-order valence-electron chi connectivity index (χ0n) is 17.2. The topological polar surface area (TPSA) is 58.6 Å². The maximum absolute atomic E-state index is 12.8. The van der Waals surface area contributed by atoms with Crippen molar-refractivity contribution in [2.45, 2.75) is 34.1 Å². The van der Waals surface area contributed by atoms with Gasteiger partial charge in [0.1, 0.15) is 5.75 Å². The summed E-state index contributed by atoms with van der Waals surface area (Å²) in [4.78, 5) is 27.1. The lowest BCUT2D eigenvalue weighted by Gasteiger charge is -2.19. The first-order chi connectivity index (χ1) is 13.5. The van der Waals surface area contributed by atoms with Gasteiger partial charge in [-0.25, -0.2) is 0 Å². The Morgan fingerprint density at radius 2 is 1.75 bits per heavy atom. The molecule has 1 N–H and O–H groups in total. The van der Waals surface area contributed by atoms with Crippen LogP contribution < -0.4 is 10.1 Å². The minimum atomic E-state index is -0.257. The Bertz CT molecular complexity index is 798. The van der Waals surface area contributed by atoms with Crippen LogP contribution in [0.25, 0.3) is 0 Å². The highest BCUT2D eigenvalue weighted by molar-refractivity contribution is 6.06. The molecule has 0 radical (unpaired) electrons. The number of carbonyl (C=O) groups excluding carboxylic acids is 2. The van der Waals surface area contributed by atoms with Gasteiger partial charge in [-0.2, -0.15) is 0 Å². The highest BCUT2D eigenvalue weighted by Gasteiger charge is 2.15. The second kappa shape index (κ2) is 10.5. The summed E-state index contributed by atoms with van der Waals surface area (Å²) < 4.78 is 5.81. The zero-order chi connectivity index (χ0) is 20.5. The standard InChI is InChI=1S/C23H30N2O3/c1-5-25(6-2)23(27)18-10-9-11-19(16-18)24-22(26)20-12-7-8-13-21(20)28-15-14-17(3)4/h7-13,16-17H,5-6,14-15H2,1-4H3,(H,24,26). The average molecular weight is 383 g/mol. The Balaban J connectivity index is 2.13. The maximum atomic E-state index is 12.8. The van der Waals surface area contributed by atoms with Crippen LogP contribution in [0.2, 0.25) is 0 Å². The second-order valence-corrected chi connectivity index (χ2v) is 7.04. The van der Waals surface area contributed by atoms with Crippen molar-refractivity contribution < 1.29 is 14.3 Å². The van der Waals surface area contributed by atoms with Crippen LogP contribution in [0.1, 0.15) is 54.8 Å². The maximum Gasteiger partial charge on any atom is 0.259 e. The molecule has 0 heterocycles. The molecule has 2 aromatic carbocycles. The van der Waals surface area contributed by atoms with E-state index in [-0.39, 0.29) is 11.8 Å². The van der Waals surface area contributed by atoms with Gasteiger partial charge in [-0.3, -0.25) is 9.59 Å². The van der Waals surface area contributed by atoms with Crippen LogP contribution in [0.5, 0.6) is 5.75 Å². The van der Waals surface area contributed by atoms with E-state index in [4.69, 9.17) is 4.74 Å². The molecule has 0 aliphatic rings. The zero-order valence-corrected chi connectivity index (χ0v) is 17.2. The van der Waals surface area contributed by atoms with E-state index >= 15 is 0 Å². The minimum absolute atomic E-state index is 0.0430. The number of rotatable bonds is 9. The molecule has 2 amide bonds. The Kier molecular flexibility index (Phi) is 8.05. The Hall–Kier alpha value is -2.82. The van der Waals surface area contributed by atoms with E-state index in [0.717, 1.165) is 6.42 Å². The van der Waals surface area contributed by atoms with Crippen molar-refractivity contribution in [3.05, 3.63) is 59.7 Å². The van der Waals surface area contributed by atoms with Gasteiger partial charge in [0.15, 0.2) is 0 Å². The lowest BCUT2D eigenvalue weighted by molar-refractivity contribution is 0.0772. The first-order valence-corrected chi connectivity index (χ1v) is 9.88. The summed E-state index contributed by atoms with van der Waals surface area (Å²) in [6.45, 7) is 10.0. The van der Waals surface area contributed by atoms with Crippen LogP contribution in [0.3, 0.4) is 0 Å². The minimum Gasteiger partial charge on any atom is -0.493 e. The van der Waals surface area contributed by atoms with Gasteiger partial charge in [-0.1, -0.05) is 32.0 Å². The highest BCUT2D eigenvalue weighted by Crippen LogP contribution is 2.21. The summed E-state index contributed by atoms with van der Waals surface area (Å²) in [6.07, 6.45) is 0.922. The molecule has 0 saturated carbocycles. The van der Waals surface area contributed by atoms with Gasteiger partial charge >= 0.3 is 0 Å². The highest BCUT2D eigenvalue weighted by atomic mass is 16.5. The second-order valence-electron chi connectivity index (χ2n) is 7.04.